The zero-order chi connectivity index (χ0) is 20.8. The Balaban J connectivity index is 1.76. The predicted octanol–water partition coefficient (Wildman–Crippen LogP) is 3.86. The van der Waals surface area contributed by atoms with Gasteiger partial charge < -0.3 is 24.4 Å². The molecule has 0 spiro atoms. The molecule has 7 heteroatoms. The minimum Gasteiger partial charge on any atom is -0.490 e. The summed E-state index contributed by atoms with van der Waals surface area (Å²) in [6.07, 6.45) is 0.415. The Bertz CT molecular complexity index is 897. The Morgan fingerprint density at radius 1 is 1.00 bits per heavy atom. The number of rotatable bonds is 6. The number of carbonyl (C=O) groups is 2. The fourth-order valence-corrected chi connectivity index (χ4v) is 3.32. The summed E-state index contributed by atoms with van der Waals surface area (Å²) >= 11 is 0. The first-order chi connectivity index (χ1) is 14.0. The predicted molar refractivity (Wildman–Crippen MR) is 110 cm³/mol. The highest BCUT2D eigenvalue weighted by Crippen LogP contribution is 2.29. The van der Waals surface area contributed by atoms with Crippen LogP contribution in [-0.4, -0.2) is 43.8 Å². The molecule has 1 aliphatic rings. The molecule has 0 radical (unpaired) electrons. The summed E-state index contributed by atoms with van der Waals surface area (Å²) in [7, 11) is 1.38. The number of methoxy groups -OCH3 is 1. The molecule has 0 bridgehead atoms. The van der Waals surface area contributed by atoms with Crippen LogP contribution in [0.4, 0.5) is 10.5 Å². The summed E-state index contributed by atoms with van der Waals surface area (Å²) in [4.78, 5) is 26.2. The summed E-state index contributed by atoms with van der Waals surface area (Å²) in [5.41, 5.74) is 3.32. The van der Waals surface area contributed by atoms with Crippen LogP contribution in [0.2, 0.25) is 0 Å². The molecular formula is C22H26N2O5. The van der Waals surface area contributed by atoms with E-state index in [0.717, 1.165) is 12.0 Å². The Hall–Kier alpha value is -3.22. The topological polar surface area (TPSA) is 77.1 Å². The summed E-state index contributed by atoms with van der Waals surface area (Å²) in [6, 6.07) is 10.9. The van der Waals surface area contributed by atoms with E-state index in [1.54, 1.807) is 23.1 Å². The summed E-state index contributed by atoms with van der Waals surface area (Å²) in [6.45, 7) is 5.86. The highest BCUT2D eigenvalue weighted by atomic mass is 16.5. The molecule has 2 amide bonds. The van der Waals surface area contributed by atoms with Gasteiger partial charge in [-0.3, -0.25) is 4.79 Å². The van der Waals surface area contributed by atoms with Crippen LogP contribution in [-0.2, 0) is 17.7 Å². The lowest BCUT2D eigenvalue weighted by Crippen LogP contribution is -2.35. The van der Waals surface area contributed by atoms with Crippen molar-refractivity contribution < 1.29 is 23.8 Å². The minimum absolute atomic E-state index is 0.241. The Morgan fingerprint density at radius 3 is 2.48 bits per heavy atom. The van der Waals surface area contributed by atoms with E-state index in [0.29, 0.717) is 49.1 Å². The molecule has 2 aromatic rings. The smallest absolute Gasteiger partial charge is 0.409 e. The third-order valence-corrected chi connectivity index (χ3v) is 4.71. The first-order valence-electron chi connectivity index (χ1n) is 9.71. The highest BCUT2D eigenvalue weighted by Gasteiger charge is 2.21. The number of hydrogen-bond acceptors (Lipinski definition) is 5. The molecule has 2 aromatic carbocycles. The van der Waals surface area contributed by atoms with Crippen LogP contribution >= 0.6 is 0 Å². The molecule has 1 heterocycles. The van der Waals surface area contributed by atoms with Gasteiger partial charge in [-0.15, -0.1) is 0 Å². The first-order valence-corrected chi connectivity index (χ1v) is 9.71. The average molecular weight is 398 g/mol. The van der Waals surface area contributed by atoms with E-state index in [1.165, 1.54) is 12.7 Å². The normalized spacial score (nSPS) is 12.7. The lowest BCUT2D eigenvalue weighted by atomic mass is 9.99. The molecule has 0 saturated heterocycles. The van der Waals surface area contributed by atoms with Crippen molar-refractivity contribution in [1.29, 1.82) is 0 Å². The third kappa shape index (κ3) is 4.80. The van der Waals surface area contributed by atoms with E-state index < -0.39 is 0 Å². The minimum atomic E-state index is -0.345. The first kappa shape index (κ1) is 20.5. The number of anilines is 1. The van der Waals surface area contributed by atoms with Crippen LogP contribution < -0.4 is 14.8 Å². The van der Waals surface area contributed by atoms with Crippen molar-refractivity contribution in [2.45, 2.75) is 26.8 Å². The van der Waals surface area contributed by atoms with E-state index in [2.05, 4.69) is 5.32 Å². The molecule has 3 rings (SSSR count). The average Bonchev–Trinajstić information content (AvgIpc) is 2.74. The van der Waals surface area contributed by atoms with Gasteiger partial charge in [0.05, 0.1) is 20.3 Å². The van der Waals surface area contributed by atoms with Crippen LogP contribution in [0.3, 0.4) is 0 Å². The van der Waals surface area contributed by atoms with Crippen molar-refractivity contribution in [1.82, 2.24) is 4.90 Å². The number of carbonyl (C=O) groups excluding carboxylic acids is 2. The number of nitrogens with zero attached hydrogens (tertiary/aromatic N) is 1. The molecule has 0 aliphatic carbocycles. The number of hydrogen-bond donors (Lipinski definition) is 1. The van der Waals surface area contributed by atoms with Gasteiger partial charge >= 0.3 is 6.09 Å². The van der Waals surface area contributed by atoms with Gasteiger partial charge in [0.15, 0.2) is 11.5 Å². The van der Waals surface area contributed by atoms with Crippen LogP contribution in [0, 0.1) is 0 Å². The van der Waals surface area contributed by atoms with Gasteiger partial charge in [0, 0.05) is 24.3 Å². The van der Waals surface area contributed by atoms with E-state index in [1.807, 2.05) is 32.0 Å². The molecule has 0 fully saturated rings. The maximum absolute atomic E-state index is 12.7. The molecule has 0 unspecified atom stereocenters. The van der Waals surface area contributed by atoms with Gasteiger partial charge in [0.1, 0.15) is 0 Å². The largest absolute Gasteiger partial charge is 0.490 e. The number of benzene rings is 2. The van der Waals surface area contributed by atoms with Crippen molar-refractivity contribution in [3.63, 3.8) is 0 Å². The lowest BCUT2D eigenvalue weighted by Gasteiger charge is -2.28. The van der Waals surface area contributed by atoms with Gasteiger partial charge in [-0.05, 0) is 61.7 Å². The van der Waals surface area contributed by atoms with E-state index in [9.17, 15) is 9.59 Å². The number of nitrogens with one attached hydrogen (secondary N) is 1. The molecule has 154 valence electrons. The maximum Gasteiger partial charge on any atom is 0.409 e. The van der Waals surface area contributed by atoms with Gasteiger partial charge in [0.2, 0.25) is 0 Å². The Labute approximate surface area is 170 Å². The van der Waals surface area contributed by atoms with Crippen molar-refractivity contribution >= 4 is 17.7 Å². The third-order valence-electron chi connectivity index (χ3n) is 4.71. The van der Waals surface area contributed by atoms with Crippen LogP contribution in [0.25, 0.3) is 0 Å². The fraction of sp³-hybridized carbons (Fsp3) is 0.364. The van der Waals surface area contributed by atoms with E-state index in [4.69, 9.17) is 14.2 Å². The summed E-state index contributed by atoms with van der Waals surface area (Å²) < 4.78 is 16.0. The second-order valence-electron chi connectivity index (χ2n) is 6.61. The quantitative estimate of drug-likeness (QED) is 0.800. The van der Waals surface area contributed by atoms with E-state index >= 15 is 0 Å². The molecule has 0 atom stereocenters. The van der Waals surface area contributed by atoms with Gasteiger partial charge in [-0.2, -0.15) is 0 Å². The van der Waals surface area contributed by atoms with Crippen LogP contribution in [0.1, 0.15) is 35.3 Å². The van der Waals surface area contributed by atoms with Crippen molar-refractivity contribution in [3.8, 4) is 11.5 Å². The highest BCUT2D eigenvalue weighted by molar-refractivity contribution is 6.04. The zero-order valence-electron chi connectivity index (χ0n) is 17.0. The second kappa shape index (κ2) is 9.32. The molecule has 1 aliphatic heterocycles. The van der Waals surface area contributed by atoms with Gasteiger partial charge in [-0.1, -0.05) is 6.07 Å². The summed E-state index contributed by atoms with van der Waals surface area (Å²) in [5, 5.41) is 2.92. The molecule has 29 heavy (non-hydrogen) atoms. The Kier molecular flexibility index (Phi) is 6.59. The lowest BCUT2D eigenvalue weighted by molar-refractivity contribution is 0.102. The maximum atomic E-state index is 12.7. The summed E-state index contributed by atoms with van der Waals surface area (Å²) in [5.74, 6) is 0.915. The van der Waals surface area contributed by atoms with Crippen molar-refractivity contribution in [3.05, 3.63) is 53.1 Å². The SMILES string of the molecule is CCOc1ccc(C(=O)Nc2ccc3c(c2)CN(C(=O)OC)CC3)cc1OCC. The van der Waals surface area contributed by atoms with Crippen LogP contribution in [0.15, 0.2) is 36.4 Å². The van der Waals surface area contributed by atoms with Gasteiger partial charge in [0.25, 0.3) is 5.91 Å². The fourth-order valence-electron chi connectivity index (χ4n) is 3.32. The van der Waals surface area contributed by atoms with Gasteiger partial charge in [-0.25, -0.2) is 4.79 Å². The van der Waals surface area contributed by atoms with Crippen molar-refractivity contribution in [2.24, 2.45) is 0 Å². The van der Waals surface area contributed by atoms with Crippen molar-refractivity contribution in [2.75, 3.05) is 32.2 Å². The number of ether oxygens (including phenoxy) is 3. The molecular weight excluding hydrogens is 372 g/mol. The van der Waals surface area contributed by atoms with Crippen LogP contribution in [0.5, 0.6) is 11.5 Å². The molecule has 0 aromatic heterocycles. The Morgan fingerprint density at radius 2 is 1.76 bits per heavy atom. The standard InChI is InChI=1S/C22H26N2O5/c1-4-28-19-9-7-16(13-20(19)29-5-2)21(25)23-18-8-6-15-10-11-24(22(26)27-3)14-17(15)12-18/h6-9,12-13H,4-5,10-11,14H2,1-3H3,(H,23,25). The number of amides is 2. The van der Waals surface area contributed by atoms with E-state index in [-0.39, 0.29) is 12.0 Å². The molecule has 0 saturated carbocycles. The molecule has 1 N–H and O–H groups in total. The zero-order valence-corrected chi connectivity index (χ0v) is 17.0. The number of fused-ring (bicyclic) bond motifs is 1. The second-order valence-corrected chi connectivity index (χ2v) is 6.61. The monoisotopic (exact) mass is 398 g/mol. The molecule has 7 nitrogen and oxygen atoms in total.